The fraction of sp³-hybridized carbons (Fsp3) is 0.680. The smallest absolute Gasteiger partial charge is 0.246 e. The Bertz CT molecular complexity index is 862. The van der Waals surface area contributed by atoms with Gasteiger partial charge in [0, 0.05) is 24.4 Å². The van der Waals surface area contributed by atoms with Crippen LogP contribution in [-0.2, 0) is 16.1 Å². The van der Waals surface area contributed by atoms with Crippen molar-refractivity contribution in [1.29, 1.82) is 0 Å². The van der Waals surface area contributed by atoms with E-state index in [-0.39, 0.29) is 28.6 Å². The van der Waals surface area contributed by atoms with Crippen molar-refractivity contribution in [2.24, 2.45) is 34.5 Å². The summed E-state index contributed by atoms with van der Waals surface area (Å²) in [5.74, 6) is 3.09. The molecule has 0 spiro atoms. The van der Waals surface area contributed by atoms with Gasteiger partial charge in [-0.2, -0.15) is 0 Å². The van der Waals surface area contributed by atoms with Gasteiger partial charge in [-0.15, -0.1) is 0 Å². The predicted octanol–water partition coefficient (Wildman–Crippen LogP) is 4.15. The number of carbonyl (C=O) groups is 2. The number of likely N-dealkylation sites (N-methyl/N-ethyl adjacent to an activating group) is 1. The molecule has 0 bridgehead atoms. The first kappa shape index (κ1) is 19.9. The molecule has 5 nitrogen and oxygen atoms in total. The van der Waals surface area contributed by atoms with Gasteiger partial charge in [-0.25, -0.2) is 0 Å². The molecule has 5 rings (SSSR count). The summed E-state index contributed by atoms with van der Waals surface area (Å²) in [7, 11) is 1.97. The topological polar surface area (TPSA) is 62.6 Å². The molecule has 4 aliphatic rings. The molecule has 3 fully saturated rings. The Morgan fingerprint density at radius 3 is 2.80 bits per heavy atom. The minimum Gasteiger partial charge on any atom is -0.467 e. The zero-order chi connectivity index (χ0) is 21.1. The minimum atomic E-state index is 0.0620. The van der Waals surface area contributed by atoms with Gasteiger partial charge in [-0.05, 0) is 79.9 Å². The first-order valence-electron chi connectivity index (χ1n) is 11.6. The summed E-state index contributed by atoms with van der Waals surface area (Å²) in [6, 6.07) is 4.08. The summed E-state index contributed by atoms with van der Waals surface area (Å²) in [5, 5.41) is 3.13. The Morgan fingerprint density at radius 1 is 1.20 bits per heavy atom. The van der Waals surface area contributed by atoms with Crippen LogP contribution in [0.15, 0.2) is 35.0 Å². The Balaban J connectivity index is 1.34. The predicted molar refractivity (Wildman–Crippen MR) is 114 cm³/mol. The number of hydrogen-bond donors (Lipinski definition) is 1. The molecular weight excluding hydrogens is 376 g/mol. The normalized spacial score (nSPS) is 42.4. The average molecular weight is 411 g/mol. The standard InChI is InChI=1S/C25H34N2O3/c1-24-12-10-19-17(6-9-21-25(19,2)13-11-22(28)27(21)3)18(24)7-8-20(24)23(29)26-15-16-5-4-14-30-16/h4-5,11,13-14,17-21H,6-10,12,15H2,1-3H3,(H,26,29)/t17-,18-,19+,20?,21?,24-,25+/m0/s1. The monoisotopic (exact) mass is 410 g/mol. The fourth-order valence-corrected chi connectivity index (χ4v) is 7.88. The molecule has 0 aromatic carbocycles. The summed E-state index contributed by atoms with van der Waals surface area (Å²) in [6.07, 6.45) is 12.3. The fourth-order valence-electron chi connectivity index (χ4n) is 7.88. The lowest BCUT2D eigenvalue weighted by atomic mass is 9.47. The Hall–Kier alpha value is -2.04. The van der Waals surface area contributed by atoms with E-state index < -0.39 is 0 Å². The van der Waals surface area contributed by atoms with Gasteiger partial charge >= 0.3 is 0 Å². The van der Waals surface area contributed by atoms with Gasteiger partial charge < -0.3 is 14.6 Å². The maximum Gasteiger partial charge on any atom is 0.246 e. The zero-order valence-corrected chi connectivity index (χ0v) is 18.4. The van der Waals surface area contributed by atoms with Crippen molar-refractivity contribution in [2.45, 2.75) is 65.0 Å². The van der Waals surface area contributed by atoms with Crippen LogP contribution in [0.3, 0.4) is 0 Å². The SMILES string of the molecule is CN1C(=O)C=C[C@@]2(C)C1CC[C@@H]1[C@H]2CC[C@]2(C)C(C(=O)NCc3ccco3)CC[C@@H]12. The molecule has 7 atom stereocenters. The van der Waals surface area contributed by atoms with Crippen LogP contribution in [0.4, 0.5) is 0 Å². The molecule has 0 radical (unpaired) electrons. The summed E-state index contributed by atoms with van der Waals surface area (Å²) < 4.78 is 5.38. The van der Waals surface area contributed by atoms with Crippen LogP contribution >= 0.6 is 0 Å². The number of nitrogens with zero attached hydrogens (tertiary/aromatic N) is 1. The van der Waals surface area contributed by atoms with E-state index in [0.717, 1.165) is 37.9 Å². The first-order chi connectivity index (χ1) is 14.3. The molecule has 2 heterocycles. The quantitative estimate of drug-likeness (QED) is 0.814. The van der Waals surface area contributed by atoms with Gasteiger partial charge in [0.05, 0.1) is 12.8 Å². The highest BCUT2D eigenvalue weighted by Gasteiger charge is 2.61. The van der Waals surface area contributed by atoms with E-state index in [4.69, 9.17) is 4.42 Å². The molecule has 30 heavy (non-hydrogen) atoms. The minimum absolute atomic E-state index is 0.0620. The summed E-state index contributed by atoms with van der Waals surface area (Å²) in [5.41, 5.74) is 0.143. The van der Waals surface area contributed by atoms with Gasteiger partial charge in [-0.1, -0.05) is 19.9 Å². The number of nitrogens with one attached hydrogen (secondary N) is 1. The van der Waals surface area contributed by atoms with Crippen molar-refractivity contribution in [2.75, 3.05) is 7.05 Å². The second-order valence-corrected chi connectivity index (χ2v) is 10.6. The van der Waals surface area contributed by atoms with Crippen LogP contribution < -0.4 is 5.32 Å². The average Bonchev–Trinajstić information content (AvgIpc) is 3.36. The molecular formula is C25H34N2O3. The molecule has 1 aromatic heterocycles. The van der Waals surface area contributed by atoms with E-state index in [1.54, 1.807) is 12.3 Å². The molecule has 3 aliphatic carbocycles. The van der Waals surface area contributed by atoms with Crippen molar-refractivity contribution in [1.82, 2.24) is 10.2 Å². The summed E-state index contributed by atoms with van der Waals surface area (Å²) in [4.78, 5) is 27.3. The second-order valence-electron chi connectivity index (χ2n) is 10.6. The highest BCUT2D eigenvalue weighted by molar-refractivity contribution is 5.89. The van der Waals surface area contributed by atoms with Crippen molar-refractivity contribution >= 4 is 11.8 Å². The zero-order valence-electron chi connectivity index (χ0n) is 18.4. The molecule has 0 saturated heterocycles. The molecule has 1 N–H and O–H groups in total. The number of rotatable bonds is 3. The lowest BCUT2D eigenvalue weighted by Crippen LogP contribution is -2.59. The van der Waals surface area contributed by atoms with Gasteiger partial charge in [0.25, 0.3) is 0 Å². The largest absolute Gasteiger partial charge is 0.467 e. The third kappa shape index (κ3) is 2.80. The Kier molecular flexibility index (Phi) is 4.64. The van der Waals surface area contributed by atoms with Gasteiger partial charge in [0.15, 0.2) is 0 Å². The number of furan rings is 1. The van der Waals surface area contributed by atoms with Crippen LogP contribution in [-0.4, -0.2) is 29.8 Å². The van der Waals surface area contributed by atoms with Crippen LogP contribution in [0.5, 0.6) is 0 Å². The summed E-state index contributed by atoms with van der Waals surface area (Å²) >= 11 is 0. The van der Waals surface area contributed by atoms with E-state index in [0.29, 0.717) is 30.3 Å². The maximum atomic E-state index is 13.1. The lowest BCUT2D eigenvalue weighted by Gasteiger charge is -2.60. The first-order valence-corrected chi connectivity index (χ1v) is 11.6. The molecule has 2 amide bonds. The highest BCUT2D eigenvalue weighted by atomic mass is 16.3. The van der Waals surface area contributed by atoms with Crippen LogP contribution in [0.1, 0.15) is 58.1 Å². The van der Waals surface area contributed by atoms with Crippen molar-refractivity contribution in [3.63, 3.8) is 0 Å². The molecule has 5 heteroatoms. The van der Waals surface area contributed by atoms with E-state index >= 15 is 0 Å². The number of fused-ring (bicyclic) bond motifs is 5. The maximum absolute atomic E-state index is 13.1. The molecule has 1 aromatic rings. The third-order valence-electron chi connectivity index (χ3n) is 9.46. The van der Waals surface area contributed by atoms with Gasteiger partial charge in [-0.3, -0.25) is 9.59 Å². The lowest BCUT2D eigenvalue weighted by molar-refractivity contribution is -0.142. The van der Waals surface area contributed by atoms with Crippen molar-refractivity contribution < 1.29 is 14.0 Å². The van der Waals surface area contributed by atoms with E-state index in [2.05, 4.69) is 25.2 Å². The Labute approximate surface area is 179 Å². The third-order valence-corrected chi connectivity index (χ3v) is 9.46. The molecule has 1 aliphatic heterocycles. The van der Waals surface area contributed by atoms with Crippen LogP contribution in [0, 0.1) is 34.5 Å². The van der Waals surface area contributed by atoms with Gasteiger partial charge in [0.2, 0.25) is 11.8 Å². The molecule has 2 unspecified atom stereocenters. The summed E-state index contributed by atoms with van der Waals surface area (Å²) in [6.45, 7) is 5.22. The molecule has 3 saturated carbocycles. The van der Waals surface area contributed by atoms with Crippen molar-refractivity contribution in [3.05, 3.63) is 36.3 Å². The van der Waals surface area contributed by atoms with E-state index in [1.807, 2.05) is 24.1 Å². The number of amides is 2. The van der Waals surface area contributed by atoms with Gasteiger partial charge in [0.1, 0.15) is 5.76 Å². The highest BCUT2D eigenvalue weighted by Crippen LogP contribution is 2.65. The van der Waals surface area contributed by atoms with E-state index in [1.165, 1.54) is 6.42 Å². The number of carbonyl (C=O) groups excluding carboxylic acids is 2. The van der Waals surface area contributed by atoms with Crippen LogP contribution in [0.25, 0.3) is 0 Å². The second kappa shape index (κ2) is 7.00. The van der Waals surface area contributed by atoms with E-state index in [9.17, 15) is 9.59 Å². The number of hydrogen-bond acceptors (Lipinski definition) is 3. The van der Waals surface area contributed by atoms with Crippen LogP contribution in [0.2, 0.25) is 0 Å². The Morgan fingerprint density at radius 2 is 2.03 bits per heavy atom. The van der Waals surface area contributed by atoms with Crippen molar-refractivity contribution in [3.8, 4) is 0 Å². The molecule has 162 valence electrons.